The van der Waals surface area contributed by atoms with Crippen LogP contribution in [-0.2, 0) is 6.42 Å². The van der Waals surface area contributed by atoms with Crippen molar-refractivity contribution in [2.45, 2.75) is 25.8 Å². The van der Waals surface area contributed by atoms with E-state index in [2.05, 4.69) is 29.7 Å². The van der Waals surface area contributed by atoms with Crippen LogP contribution < -0.4 is 10.6 Å². The van der Waals surface area contributed by atoms with Gasteiger partial charge in [-0.1, -0.05) is 42.5 Å². The molecule has 0 aliphatic carbocycles. The molecule has 2 aromatic carbocycles. The molecular formula is C17H19FN2S. The van der Waals surface area contributed by atoms with E-state index in [0.717, 1.165) is 12.8 Å². The first-order valence-corrected chi connectivity index (χ1v) is 7.42. The van der Waals surface area contributed by atoms with Crippen molar-refractivity contribution in [1.29, 1.82) is 0 Å². The van der Waals surface area contributed by atoms with E-state index < -0.39 is 0 Å². The fraction of sp³-hybridized carbons (Fsp3) is 0.235. The highest BCUT2D eigenvalue weighted by molar-refractivity contribution is 7.80. The molecule has 110 valence electrons. The van der Waals surface area contributed by atoms with Crippen molar-refractivity contribution >= 4 is 23.0 Å². The second-order valence-electron chi connectivity index (χ2n) is 5.00. The van der Waals surface area contributed by atoms with Gasteiger partial charge in [0.25, 0.3) is 0 Å². The molecule has 0 aromatic heterocycles. The fourth-order valence-corrected chi connectivity index (χ4v) is 2.36. The van der Waals surface area contributed by atoms with Gasteiger partial charge in [-0.15, -0.1) is 0 Å². The minimum Gasteiger partial charge on any atom is -0.360 e. The molecule has 4 heteroatoms. The van der Waals surface area contributed by atoms with Gasteiger partial charge in [-0.05, 0) is 49.7 Å². The maximum Gasteiger partial charge on any atom is 0.171 e. The van der Waals surface area contributed by atoms with Crippen LogP contribution in [0.25, 0.3) is 0 Å². The van der Waals surface area contributed by atoms with Gasteiger partial charge in [-0.25, -0.2) is 4.39 Å². The quantitative estimate of drug-likeness (QED) is 0.812. The average molecular weight is 302 g/mol. The molecular weight excluding hydrogens is 283 g/mol. The largest absolute Gasteiger partial charge is 0.360 e. The number of thiocarbonyl (C=S) groups is 1. The Labute approximate surface area is 130 Å². The highest BCUT2D eigenvalue weighted by Crippen LogP contribution is 2.12. The van der Waals surface area contributed by atoms with Crippen LogP contribution in [0.5, 0.6) is 0 Å². The summed E-state index contributed by atoms with van der Waals surface area (Å²) < 4.78 is 13.5. The minimum absolute atomic E-state index is 0.219. The average Bonchev–Trinajstić information content (AvgIpc) is 2.48. The molecule has 2 rings (SSSR count). The molecule has 0 amide bonds. The van der Waals surface area contributed by atoms with Crippen LogP contribution in [0.1, 0.15) is 18.9 Å². The minimum atomic E-state index is -0.307. The fourth-order valence-electron chi connectivity index (χ4n) is 2.04. The van der Waals surface area contributed by atoms with E-state index in [9.17, 15) is 4.39 Å². The number of benzene rings is 2. The van der Waals surface area contributed by atoms with Crippen molar-refractivity contribution in [3.63, 3.8) is 0 Å². The van der Waals surface area contributed by atoms with Gasteiger partial charge in [0.15, 0.2) is 5.11 Å². The molecule has 0 radical (unpaired) electrons. The molecule has 0 heterocycles. The molecule has 0 saturated heterocycles. The number of anilines is 1. The Balaban J connectivity index is 1.78. The Morgan fingerprint density at radius 3 is 2.48 bits per heavy atom. The zero-order valence-corrected chi connectivity index (χ0v) is 12.8. The summed E-state index contributed by atoms with van der Waals surface area (Å²) in [5, 5.41) is 6.51. The highest BCUT2D eigenvalue weighted by Gasteiger charge is 2.07. The number of halogens is 1. The predicted molar refractivity (Wildman–Crippen MR) is 90.0 cm³/mol. The smallest absolute Gasteiger partial charge is 0.171 e. The maximum absolute atomic E-state index is 13.5. The van der Waals surface area contributed by atoms with Crippen LogP contribution in [0, 0.1) is 5.82 Å². The van der Waals surface area contributed by atoms with E-state index in [-0.39, 0.29) is 11.9 Å². The van der Waals surface area contributed by atoms with Crippen molar-refractivity contribution in [1.82, 2.24) is 5.32 Å². The third kappa shape index (κ3) is 5.16. The highest BCUT2D eigenvalue weighted by atomic mass is 32.1. The van der Waals surface area contributed by atoms with Crippen LogP contribution in [-0.4, -0.2) is 11.2 Å². The van der Waals surface area contributed by atoms with Crippen molar-refractivity contribution in [3.8, 4) is 0 Å². The van der Waals surface area contributed by atoms with Crippen LogP contribution in [0.4, 0.5) is 10.1 Å². The van der Waals surface area contributed by atoms with Crippen LogP contribution in [0.2, 0.25) is 0 Å². The summed E-state index contributed by atoms with van der Waals surface area (Å²) in [6, 6.07) is 17.0. The van der Waals surface area contributed by atoms with Gasteiger partial charge in [0.2, 0.25) is 0 Å². The molecule has 2 nitrogen and oxygen atoms in total. The molecule has 2 aromatic rings. The number of hydrogen-bond donors (Lipinski definition) is 2. The summed E-state index contributed by atoms with van der Waals surface area (Å²) in [6.45, 7) is 2.07. The third-order valence-corrected chi connectivity index (χ3v) is 3.43. The lowest BCUT2D eigenvalue weighted by atomic mass is 10.1. The van der Waals surface area contributed by atoms with Gasteiger partial charge in [-0.2, -0.15) is 0 Å². The number of rotatable bonds is 5. The molecule has 0 aliphatic heterocycles. The monoisotopic (exact) mass is 302 g/mol. The van der Waals surface area contributed by atoms with Crippen LogP contribution in [0.3, 0.4) is 0 Å². The molecule has 0 unspecified atom stereocenters. The van der Waals surface area contributed by atoms with Gasteiger partial charge < -0.3 is 10.6 Å². The second kappa shape index (κ2) is 7.74. The first-order chi connectivity index (χ1) is 10.1. The Kier molecular flexibility index (Phi) is 5.69. The summed E-state index contributed by atoms with van der Waals surface area (Å²) in [6.07, 6.45) is 1.94. The normalized spacial score (nSPS) is 11.7. The van der Waals surface area contributed by atoms with Crippen molar-refractivity contribution < 1.29 is 4.39 Å². The third-order valence-electron chi connectivity index (χ3n) is 3.21. The first kappa shape index (κ1) is 15.4. The Morgan fingerprint density at radius 1 is 1.10 bits per heavy atom. The zero-order valence-electron chi connectivity index (χ0n) is 12.0. The molecule has 0 spiro atoms. The van der Waals surface area contributed by atoms with Gasteiger partial charge >= 0.3 is 0 Å². The Hall–Kier alpha value is -1.94. The molecule has 2 N–H and O–H groups in total. The lowest BCUT2D eigenvalue weighted by Crippen LogP contribution is -2.36. The van der Waals surface area contributed by atoms with E-state index >= 15 is 0 Å². The zero-order chi connectivity index (χ0) is 15.1. The van der Waals surface area contributed by atoms with Crippen LogP contribution >= 0.6 is 12.2 Å². The first-order valence-electron chi connectivity index (χ1n) is 7.01. The number of aryl methyl sites for hydroxylation is 1. The van der Waals surface area contributed by atoms with E-state index in [1.54, 1.807) is 18.2 Å². The van der Waals surface area contributed by atoms with Gasteiger partial charge in [0.05, 0.1) is 5.69 Å². The standard InChI is InChI=1S/C17H19FN2S/c1-13(11-12-14-7-3-2-4-8-14)19-17(21)20-16-10-6-5-9-15(16)18/h2-10,13H,11-12H2,1H3,(H2,19,20,21)/t13-/m1/s1. The predicted octanol–water partition coefficient (Wildman–Crippen LogP) is 4.13. The summed E-state index contributed by atoms with van der Waals surface area (Å²) in [7, 11) is 0. The van der Waals surface area contributed by atoms with Gasteiger partial charge in [0, 0.05) is 6.04 Å². The summed E-state index contributed by atoms with van der Waals surface area (Å²) in [4.78, 5) is 0. The molecule has 0 aliphatic rings. The Bertz CT molecular complexity index is 586. The number of hydrogen-bond acceptors (Lipinski definition) is 1. The molecule has 1 atom stereocenters. The Morgan fingerprint density at radius 2 is 1.76 bits per heavy atom. The van der Waals surface area contributed by atoms with E-state index in [1.807, 2.05) is 18.2 Å². The molecule has 21 heavy (non-hydrogen) atoms. The van der Waals surface area contributed by atoms with Crippen molar-refractivity contribution in [2.24, 2.45) is 0 Å². The summed E-state index contributed by atoms with van der Waals surface area (Å²) in [5.41, 5.74) is 1.70. The van der Waals surface area contributed by atoms with Crippen molar-refractivity contribution in [2.75, 3.05) is 5.32 Å². The number of nitrogens with one attached hydrogen (secondary N) is 2. The lowest BCUT2D eigenvalue weighted by Gasteiger charge is -2.17. The topological polar surface area (TPSA) is 24.1 Å². The van der Waals surface area contributed by atoms with Gasteiger partial charge in [0.1, 0.15) is 5.82 Å². The summed E-state index contributed by atoms with van der Waals surface area (Å²) >= 11 is 5.21. The van der Waals surface area contributed by atoms with E-state index in [1.165, 1.54) is 11.6 Å². The molecule has 0 bridgehead atoms. The molecule has 0 saturated carbocycles. The van der Waals surface area contributed by atoms with Gasteiger partial charge in [-0.3, -0.25) is 0 Å². The second-order valence-corrected chi connectivity index (χ2v) is 5.41. The van der Waals surface area contributed by atoms with Crippen molar-refractivity contribution in [3.05, 3.63) is 66.0 Å². The maximum atomic E-state index is 13.5. The summed E-state index contributed by atoms with van der Waals surface area (Å²) in [5.74, 6) is -0.307. The number of para-hydroxylation sites is 1. The van der Waals surface area contributed by atoms with E-state index in [4.69, 9.17) is 12.2 Å². The molecule has 0 fully saturated rings. The van der Waals surface area contributed by atoms with Crippen LogP contribution in [0.15, 0.2) is 54.6 Å². The SMILES string of the molecule is C[C@H](CCc1ccccc1)NC(=S)Nc1ccccc1F. The van der Waals surface area contributed by atoms with E-state index in [0.29, 0.717) is 10.8 Å². The lowest BCUT2D eigenvalue weighted by molar-refractivity contribution is 0.608.